The standard InChI is InChI=1S/C14H13N3O/c1-10-3-5-11(6-4-10)12-9-13-14(18-2)15-7-8-17(13)16-12/h3-9H,1-2H3. The molecule has 4 heteroatoms. The Morgan fingerprint density at radius 1 is 1.17 bits per heavy atom. The molecule has 3 rings (SSSR count). The normalized spacial score (nSPS) is 10.8. The van der Waals surface area contributed by atoms with Gasteiger partial charge in [0.2, 0.25) is 5.88 Å². The first-order valence-corrected chi connectivity index (χ1v) is 5.73. The number of rotatable bonds is 2. The third-order valence-corrected chi connectivity index (χ3v) is 2.90. The lowest BCUT2D eigenvalue weighted by Gasteiger charge is -1.98. The van der Waals surface area contributed by atoms with Crippen LogP contribution in [0.5, 0.6) is 5.88 Å². The average Bonchev–Trinajstić information content (AvgIpc) is 2.83. The minimum absolute atomic E-state index is 0.586. The third kappa shape index (κ3) is 1.72. The van der Waals surface area contributed by atoms with Crippen LogP contribution in [0.1, 0.15) is 5.56 Å². The van der Waals surface area contributed by atoms with Crippen molar-refractivity contribution < 1.29 is 4.74 Å². The van der Waals surface area contributed by atoms with Crippen LogP contribution in [0.25, 0.3) is 16.8 Å². The Kier molecular flexibility index (Phi) is 2.48. The van der Waals surface area contributed by atoms with Crippen LogP contribution in [-0.4, -0.2) is 21.7 Å². The van der Waals surface area contributed by atoms with Crippen LogP contribution in [0.2, 0.25) is 0 Å². The SMILES string of the molecule is COc1nccn2nc(-c3ccc(C)cc3)cc12. The molecule has 0 N–H and O–H groups in total. The van der Waals surface area contributed by atoms with Gasteiger partial charge in [0.25, 0.3) is 0 Å². The summed E-state index contributed by atoms with van der Waals surface area (Å²) in [5, 5.41) is 4.52. The Morgan fingerprint density at radius 3 is 2.67 bits per heavy atom. The van der Waals surface area contributed by atoms with Crippen LogP contribution in [0, 0.1) is 6.92 Å². The van der Waals surface area contributed by atoms with E-state index in [-0.39, 0.29) is 0 Å². The molecule has 90 valence electrons. The predicted molar refractivity (Wildman–Crippen MR) is 69.7 cm³/mol. The fraction of sp³-hybridized carbons (Fsp3) is 0.143. The van der Waals surface area contributed by atoms with Crippen LogP contribution < -0.4 is 4.74 Å². The molecular formula is C14H13N3O. The van der Waals surface area contributed by atoms with Crippen LogP contribution >= 0.6 is 0 Å². The first kappa shape index (κ1) is 10.8. The molecule has 4 nitrogen and oxygen atoms in total. The summed E-state index contributed by atoms with van der Waals surface area (Å²) in [6.07, 6.45) is 3.49. The van der Waals surface area contributed by atoms with Gasteiger partial charge in [0.1, 0.15) is 5.52 Å². The van der Waals surface area contributed by atoms with Crippen molar-refractivity contribution in [1.29, 1.82) is 0 Å². The summed E-state index contributed by atoms with van der Waals surface area (Å²) >= 11 is 0. The molecule has 3 aromatic rings. The van der Waals surface area contributed by atoms with E-state index in [1.165, 1.54) is 5.56 Å². The summed E-state index contributed by atoms with van der Waals surface area (Å²) in [4.78, 5) is 4.16. The fourth-order valence-electron chi connectivity index (χ4n) is 1.92. The van der Waals surface area contributed by atoms with Gasteiger partial charge in [-0.15, -0.1) is 0 Å². The average molecular weight is 239 g/mol. The zero-order chi connectivity index (χ0) is 12.5. The molecule has 0 atom stereocenters. The van der Waals surface area contributed by atoms with E-state index in [1.54, 1.807) is 17.8 Å². The molecule has 18 heavy (non-hydrogen) atoms. The van der Waals surface area contributed by atoms with Crippen molar-refractivity contribution in [2.24, 2.45) is 0 Å². The maximum atomic E-state index is 5.22. The largest absolute Gasteiger partial charge is 0.479 e. The number of hydrogen-bond acceptors (Lipinski definition) is 3. The van der Waals surface area contributed by atoms with E-state index in [1.807, 2.05) is 12.3 Å². The summed E-state index contributed by atoms with van der Waals surface area (Å²) in [6.45, 7) is 2.07. The first-order valence-electron chi connectivity index (χ1n) is 5.73. The van der Waals surface area contributed by atoms with Gasteiger partial charge in [-0.05, 0) is 13.0 Å². The molecule has 0 spiro atoms. The second kappa shape index (κ2) is 4.14. The summed E-state index contributed by atoms with van der Waals surface area (Å²) in [5.41, 5.74) is 4.12. The molecule has 2 heterocycles. The zero-order valence-corrected chi connectivity index (χ0v) is 10.3. The van der Waals surface area contributed by atoms with Crippen LogP contribution in [-0.2, 0) is 0 Å². The van der Waals surface area contributed by atoms with Crippen LogP contribution in [0.4, 0.5) is 0 Å². The van der Waals surface area contributed by atoms with Crippen molar-refractivity contribution in [3.8, 4) is 17.1 Å². The Bertz CT molecular complexity index is 686. The second-order valence-corrected chi connectivity index (χ2v) is 4.16. The van der Waals surface area contributed by atoms with Crippen molar-refractivity contribution in [3.05, 3.63) is 48.3 Å². The highest BCUT2D eigenvalue weighted by Crippen LogP contribution is 2.23. The van der Waals surface area contributed by atoms with Gasteiger partial charge in [-0.2, -0.15) is 5.10 Å². The maximum Gasteiger partial charge on any atom is 0.239 e. The lowest BCUT2D eigenvalue weighted by atomic mass is 10.1. The van der Waals surface area contributed by atoms with Gasteiger partial charge in [0, 0.05) is 18.0 Å². The summed E-state index contributed by atoms with van der Waals surface area (Å²) < 4.78 is 7.00. The van der Waals surface area contributed by atoms with E-state index in [9.17, 15) is 0 Å². The molecule has 0 fully saturated rings. The Morgan fingerprint density at radius 2 is 1.94 bits per heavy atom. The Hall–Kier alpha value is -2.36. The van der Waals surface area contributed by atoms with Crippen molar-refractivity contribution in [3.63, 3.8) is 0 Å². The van der Waals surface area contributed by atoms with Gasteiger partial charge in [-0.25, -0.2) is 9.50 Å². The minimum atomic E-state index is 0.586. The molecule has 0 saturated carbocycles. The number of benzene rings is 1. The highest BCUT2D eigenvalue weighted by atomic mass is 16.5. The second-order valence-electron chi connectivity index (χ2n) is 4.16. The summed E-state index contributed by atoms with van der Waals surface area (Å²) in [5.74, 6) is 0.586. The van der Waals surface area contributed by atoms with Gasteiger partial charge < -0.3 is 4.74 Å². The molecule has 0 radical (unpaired) electrons. The monoisotopic (exact) mass is 239 g/mol. The quantitative estimate of drug-likeness (QED) is 0.690. The number of fused-ring (bicyclic) bond motifs is 1. The molecule has 1 aromatic carbocycles. The summed E-state index contributed by atoms with van der Waals surface area (Å²) in [7, 11) is 1.61. The van der Waals surface area contributed by atoms with E-state index in [0.29, 0.717) is 5.88 Å². The highest BCUT2D eigenvalue weighted by Gasteiger charge is 2.08. The van der Waals surface area contributed by atoms with E-state index >= 15 is 0 Å². The molecule has 0 saturated heterocycles. The molecular weight excluding hydrogens is 226 g/mol. The van der Waals surface area contributed by atoms with Crippen molar-refractivity contribution >= 4 is 5.52 Å². The molecule has 0 amide bonds. The number of nitrogens with zero attached hydrogens (tertiary/aromatic N) is 3. The van der Waals surface area contributed by atoms with Gasteiger partial charge >= 0.3 is 0 Å². The number of ether oxygens (including phenoxy) is 1. The van der Waals surface area contributed by atoms with Gasteiger partial charge in [0.15, 0.2) is 0 Å². The molecule has 2 aromatic heterocycles. The lowest BCUT2D eigenvalue weighted by molar-refractivity contribution is 0.400. The number of aromatic nitrogens is 3. The zero-order valence-electron chi connectivity index (χ0n) is 10.3. The van der Waals surface area contributed by atoms with Crippen molar-refractivity contribution in [2.75, 3.05) is 7.11 Å². The number of hydrogen-bond donors (Lipinski definition) is 0. The molecule has 0 aliphatic carbocycles. The molecule has 0 unspecified atom stereocenters. The van der Waals surface area contributed by atoms with E-state index in [0.717, 1.165) is 16.8 Å². The van der Waals surface area contributed by atoms with Crippen LogP contribution in [0.3, 0.4) is 0 Å². The summed E-state index contributed by atoms with van der Waals surface area (Å²) in [6, 6.07) is 10.3. The van der Waals surface area contributed by atoms with Crippen LogP contribution in [0.15, 0.2) is 42.7 Å². The van der Waals surface area contributed by atoms with Gasteiger partial charge in [0.05, 0.1) is 12.8 Å². The first-order chi connectivity index (χ1) is 8.78. The topological polar surface area (TPSA) is 39.4 Å². The maximum absolute atomic E-state index is 5.22. The highest BCUT2D eigenvalue weighted by molar-refractivity contribution is 5.69. The third-order valence-electron chi connectivity index (χ3n) is 2.90. The number of aryl methyl sites for hydroxylation is 1. The van der Waals surface area contributed by atoms with E-state index in [4.69, 9.17) is 4.74 Å². The lowest BCUT2D eigenvalue weighted by Crippen LogP contribution is -1.93. The van der Waals surface area contributed by atoms with E-state index in [2.05, 4.69) is 41.3 Å². The van der Waals surface area contributed by atoms with Crippen molar-refractivity contribution in [2.45, 2.75) is 6.92 Å². The van der Waals surface area contributed by atoms with Gasteiger partial charge in [-0.1, -0.05) is 29.8 Å². The van der Waals surface area contributed by atoms with Crippen molar-refractivity contribution in [1.82, 2.24) is 14.6 Å². The Labute approximate surface area is 105 Å². The number of methoxy groups -OCH3 is 1. The molecule has 0 bridgehead atoms. The smallest absolute Gasteiger partial charge is 0.239 e. The fourth-order valence-corrected chi connectivity index (χ4v) is 1.92. The Balaban J connectivity index is 2.16. The van der Waals surface area contributed by atoms with E-state index < -0.39 is 0 Å². The minimum Gasteiger partial charge on any atom is -0.479 e. The van der Waals surface area contributed by atoms with Gasteiger partial charge in [-0.3, -0.25) is 0 Å². The molecule has 0 aliphatic rings. The predicted octanol–water partition coefficient (Wildman–Crippen LogP) is 2.71. The molecule has 0 aliphatic heterocycles.